The number of aromatic nitrogens is 1. The highest BCUT2D eigenvalue weighted by atomic mass is 19.2. The van der Waals surface area contributed by atoms with Crippen molar-refractivity contribution in [1.29, 1.82) is 0 Å². The van der Waals surface area contributed by atoms with Crippen molar-refractivity contribution in [3.8, 4) is 5.75 Å². The van der Waals surface area contributed by atoms with E-state index in [1.807, 2.05) is 24.3 Å². The van der Waals surface area contributed by atoms with Crippen molar-refractivity contribution in [3.05, 3.63) is 71.1 Å². The molecular formula is C26H28F2N2O3. The monoisotopic (exact) mass is 454 g/mol. The SMILES string of the molecule is O[C@H](COc1cc(F)c(F)c2c1CCC2)CN1CCC(O)(c2cncc3ccccc23)CC1. The summed E-state index contributed by atoms with van der Waals surface area (Å²) >= 11 is 0. The Bertz CT molecular complexity index is 1160. The molecule has 2 aliphatic rings. The highest BCUT2D eigenvalue weighted by Gasteiger charge is 2.36. The van der Waals surface area contributed by atoms with Crippen LogP contribution in [0.15, 0.2) is 42.7 Å². The van der Waals surface area contributed by atoms with Crippen molar-refractivity contribution in [2.24, 2.45) is 0 Å². The molecule has 0 radical (unpaired) electrons. The number of piperidine rings is 1. The summed E-state index contributed by atoms with van der Waals surface area (Å²) in [4.78, 5) is 6.40. The predicted molar refractivity (Wildman–Crippen MR) is 121 cm³/mol. The van der Waals surface area contributed by atoms with Crippen LogP contribution < -0.4 is 4.74 Å². The second-order valence-electron chi connectivity index (χ2n) is 9.19. The molecule has 5 rings (SSSR count). The van der Waals surface area contributed by atoms with Crippen LogP contribution in [0.4, 0.5) is 8.78 Å². The number of aliphatic hydroxyl groups is 2. The van der Waals surface area contributed by atoms with Crippen LogP contribution in [0, 0.1) is 11.6 Å². The maximum absolute atomic E-state index is 14.0. The molecule has 1 fully saturated rings. The van der Waals surface area contributed by atoms with E-state index >= 15 is 0 Å². The molecule has 1 saturated heterocycles. The second-order valence-corrected chi connectivity index (χ2v) is 9.19. The summed E-state index contributed by atoms with van der Waals surface area (Å²) < 4.78 is 33.5. The summed E-state index contributed by atoms with van der Waals surface area (Å²) in [5, 5.41) is 23.9. The zero-order chi connectivity index (χ0) is 23.0. The number of pyridine rings is 1. The molecule has 174 valence electrons. The number of aliphatic hydroxyl groups excluding tert-OH is 1. The van der Waals surface area contributed by atoms with Crippen molar-refractivity contribution in [2.75, 3.05) is 26.2 Å². The lowest BCUT2D eigenvalue weighted by atomic mass is 9.83. The molecule has 2 aromatic carbocycles. The zero-order valence-electron chi connectivity index (χ0n) is 18.4. The molecular weight excluding hydrogens is 426 g/mol. The number of benzene rings is 2. The third-order valence-electron chi connectivity index (χ3n) is 7.00. The minimum absolute atomic E-state index is 0.00548. The van der Waals surface area contributed by atoms with Crippen LogP contribution in [-0.4, -0.2) is 52.4 Å². The van der Waals surface area contributed by atoms with Crippen LogP contribution in [0.3, 0.4) is 0 Å². The molecule has 2 heterocycles. The first kappa shape index (κ1) is 22.2. The number of hydrogen-bond donors (Lipinski definition) is 2. The van der Waals surface area contributed by atoms with Gasteiger partial charge in [-0.15, -0.1) is 0 Å². The van der Waals surface area contributed by atoms with Crippen molar-refractivity contribution in [2.45, 2.75) is 43.8 Å². The molecule has 0 amide bonds. The molecule has 7 heteroatoms. The number of likely N-dealkylation sites (tertiary alicyclic amines) is 1. The Morgan fingerprint density at radius 1 is 1.09 bits per heavy atom. The predicted octanol–water partition coefficient (Wildman–Crippen LogP) is 3.73. The summed E-state index contributed by atoms with van der Waals surface area (Å²) in [5.74, 6) is -1.35. The van der Waals surface area contributed by atoms with Gasteiger partial charge in [0.15, 0.2) is 11.6 Å². The van der Waals surface area contributed by atoms with Crippen LogP contribution in [0.2, 0.25) is 0 Å². The van der Waals surface area contributed by atoms with E-state index in [-0.39, 0.29) is 6.61 Å². The van der Waals surface area contributed by atoms with Crippen molar-refractivity contribution in [1.82, 2.24) is 9.88 Å². The molecule has 1 aliphatic heterocycles. The maximum Gasteiger partial charge on any atom is 0.162 e. The topological polar surface area (TPSA) is 65.8 Å². The fourth-order valence-corrected chi connectivity index (χ4v) is 5.20. The molecule has 1 aromatic heterocycles. The first-order chi connectivity index (χ1) is 15.9. The Labute approximate surface area is 191 Å². The van der Waals surface area contributed by atoms with E-state index in [1.54, 1.807) is 12.4 Å². The third-order valence-corrected chi connectivity index (χ3v) is 7.00. The average Bonchev–Trinajstić information content (AvgIpc) is 3.32. The first-order valence-corrected chi connectivity index (χ1v) is 11.5. The van der Waals surface area contributed by atoms with Crippen LogP contribution in [0.1, 0.15) is 36.0 Å². The maximum atomic E-state index is 14.0. The van der Waals surface area contributed by atoms with E-state index in [9.17, 15) is 19.0 Å². The quantitative estimate of drug-likeness (QED) is 0.594. The van der Waals surface area contributed by atoms with Gasteiger partial charge in [-0.05, 0) is 43.1 Å². The molecule has 2 N–H and O–H groups in total. The third kappa shape index (κ3) is 4.33. The molecule has 3 aromatic rings. The summed E-state index contributed by atoms with van der Waals surface area (Å²) in [6.45, 7) is 1.63. The minimum Gasteiger partial charge on any atom is -0.490 e. The minimum atomic E-state index is -0.960. The lowest BCUT2D eigenvalue weighted by Crippen LogP contribution is -2.46. The van der Waals surface area contributed by atoms with Gasteiger partial charge in [0.05, 0.1) is 5.60 Å². The van der Waals surface area contributed by atoms with Gasteiger partial charge >= 0.3 is 0 Å². The Balaban J connectivity index is 1.19. The zero-order valence-corrected chi connectivity index (χ0v) is 18.4. The molecule has 0 bridgehead atoms. The number of fused-ring (bicyclic) bond motifs is 2. The number of nitrogens with zero attached hydrogens (tertiary/aromatic N) is 2. The standard InChI is InChI=1S/C26H28F2N2O3/c27-23-12-24(20-6-3-7-21(20)25(23)28)33-16-18(31)15-30-10-8-26(32,9-11-30)22-14-29-13-17-4-1-2-5-19(17)22/h1-2,4-5,12-14,18,31-32H,3,6-11,15-16H2/t18-/m0/s1. The van der Waals surface area contributed by atoms with Crippen molar-refractivity contribution < 1.29 is 23.7 Å². The first-order valence-electron chi connectivity index (χ1n) is 11.5. The summed E-state index contributed by atoms with van der Waals surface area (Å²) in [6, 6.07) is 9.00. The number of rotatable bonds is 6. The van der Waals surface area contributed by atoms with Gasteiger partial charge in [-0.3, -0.25) is 4.98 Å². The van der Waals surface area contributed by atoms with Crippen LogP contribution in [0.5, 0.6) is 5.75 Å². The Morgan fingerprint density at radius 3 is 2.67 bits per heavy atom. The Morgan fingerprint density at radius 2 is 1.85 bits per heavy atom. The number of halogens is 2. The van der Waals surface area contributed by atoms with Gasteiger partial charge in [-0.2, -0.15) is 0 Å². The smallest absolute Gasteiger partial charge is 0.162 e. The molecule has 0 spiro atoms. The summed E-state index contributed by atoms with van der Waals surface area (Å²) in [5.41, 5.74) is 1.000. The molecule has 1 aliphatic carbocycles. The second kappa shape index (κ2) is 8.97. The summed E-state index contributed by atoms with van der Waals surface area (Å²) in [6.07, 6.45) is 5.79. The van der Waals surface area contributed by atoms with Gasteiger partial charge in [0.25, 0.3) is 0 Å². The van der Waals surface area contributed by atoms with E-state index in [4.69, 9.17) is 4.74 Å². The number of β-amino-alcohol motifs (C(OH)–C–C–N with tert-alkyl or cyclic N) is 1. The van der Waals surface area contributed by atoms with E-state index in [1.165, 1.54) is 0 Å². The molecule has 0 unspecified atom stereocenters. The van der Waals surface area contributed by atoms with Gasteiger partial charge in [0.2, 0.25) is 0 Å². The highest BCUT2D eigenvalue weighted by Crippen LogP contribution is 2.37. The van der Waals surface area contributed by atoms with Gasteiger partial charge in [0, 0.05) is 54.6 Å². The van der Waals surface area contributed by atoms with Gasteiger partial charge in [-0.25, -0.2) is 8.78 Å². The van der Waals surface area contributed by atoms with Gasteiger partial charge < -0.3 is 19.8 Å². The fourth-order valence-electron chi connectivity index (χ4n) is 5.20. The van der Waals surface area contributed by atoms with E-state index in [0.717, 1.165) is 28.8 Å². The molecule has 33 heavy (non-hydrogen) atoms. The van der Waals surface area contributed by atoms with E-state index in [0.29, 0.717) is 62.2 Å². The number of ether oxygens (including phenoxy) is 1. The largest absolute Gasteiger partial charge is 0.490 e. The Hall–Kier alpha value is -2.61. The fraction of sp³-hybridized carbons (Fsp3) is 0.423. The normalized spacial score (nSPS) is 18.9. The van der Waals surface area contributed by atoms with E-state index in [2.05, 4.69) is 9.88 Å². The lowest BCUT2D eigenvalue weighted by Gasteiger charge is -2.39. The highest BCUT2D eigenvalue weighted by molar-refractivity contribution is 5.85. The molecule has 0 saturated carbocycles. The average molecular weight is 455 g/mol. The van der Waals surface area contributed by atoms with Crippen molar-refractivity contribution in [3.63, 3.8) is 0 Å². The number of hydrogen-bond acceptors (Lipinski definition) is 5. The lowest BCUT2D eigenvalue weighted by molar-refractivity contribution is -0.0364. The van der Waals surface area contributed by atoms with Crippen LogP contribution in [0.25, 0.3) is 10.8 Å². The molecule has 1 atom stereocenters. The summed E-state index contributed by atoms with van der Waals surface area (Å²) in [7, 11) is 0. The van der Waals surface area contributed by atoms with E-state index < -0.39 is 23.3 Å². The van der Waals surface area contributed by atoms with Gasteiger partial charge in [0.1, 0.15) is 18.5 Å². The van der Waals surface area contributed by atoms with Crippen LogP contribution >= 0.6 is 0 Å². The molecule has 5 nitrogen and oxygen atoms in total. The Kier molecular flexibility index (Phi) is 6.03. The van der Waals surface area contributed by atoms with Crippen molar-refractivity contribution >= 4 is 10.8 Å². The van der Waals surface area contributed by atoms with Gasteiger partial charge in [-0.1, -0.05) is 24.3 Å². The van der Waals surface area contributed by atoms with Crippen LogP contribution in [-0.2, 0) is 18.4 Å².